The maximum atomic E-state index is 9.72. The second kappa shape index (κ2) is 13.8. The molecule has 0 amide bonds. The summed E-state index contributed by atoms with van der Waals surface area (Å²) >= 11 is 0. The summed E-state index contributed by atoms with van der Waals surface area (Å²) in [6, 6.07) is 0. The van der Waals surface area contributed by atoms with Gasteiger partial charge < -0.3 is 50.7 Å². The van der Waals surface area contributed by atoms with Gasteiger partial charge in [-0.2, -0.15) is 0 Å². The third-order valence-electron chi connectivity index (χ3n) is 3.48. The smallest absolute Gasteiger partial charge is 0.333 e. The first kappa shape index (κ1) is 26.8. The Kier molecular flexibility index (Phi) is 14.2. The summed E-state index contributed by atoms with van der Waals surface area (Å²) in [6.07, 6.45) is -2.54. The maximum absolute atomic E-state index is 9.72. The molecule has 0 aromatic carbocycles. The number of aliphatic hydroxyl groups excluding tert-OH is 7. The third kappa shape index (κ3) is 9.94. The molecule has 0 saturated carbocycles. The molecule has 0 heterocycles. The number of carbonyl (C=O) groups is 2. The van der Waals surface area contributed by atoms with Gasteiger partial charge in [0.25, 0.3) is 0 Å². The molecule has 12 heteroatoms. The van der Waals surface area contributed by atoms with Crippen LogP contribution < -0.4 is 0 Å². The molecule has 9 N–H and O–H groups in total. The molecule has 0 aliphatic carbocycles. The predicted octanol–water partition coefficient (Wildman–Crippen LogP) is -4.16. The molecule has 0 aliphatic rings. The second-order valence-corrected chi connectivity index (χ2v) is 5.89. The van der Waals surface area contributed by atoms with Crippen molar-refractivity contribution >= 4 is 11.9 Å². The van der Waals surface area contributed by atoms with E-state index in [1.54, 1.807) is 0 Å². The standard InChI is InChI=1S/C10H22O7.C4H6O5/c11-1-9(2-12,3-13)7-17-8-10(4-14,5-15)6-16;5-2(4(8)9)1-3(6)7/h11-16H,1-8H2;2,5H,1H2,(H,6,7)(H,8,9). The third-order valence-corrected chi connectivity index (χ3v) is 3.48. The Hall–Kier alpha value is -1.38. The van der Waals surface area contributed by atoms with Crippen molar-refractivity contribution in [1.29, 1.82) is 0 Å². The number of aliphatic carboxylic acids is 2. The number of hydrogen-bond donors (Lipinski definition) is 9. The highest BCUT2D eigenvalue weighted by molar-refractivity contribution is 5.79. The van der Waals surface area contributed by atoms with Crippen LogP contribution in [0.25, 0.3) is 0 Å². The zero-order chi connectivity index (χ0) is 20.8. The van der Waals surface area contributed by atoms with E-state index < -0.39 is 74.9 Å². The summed E-state index contributed by atoms with van der Waals surface area (Å²) in [5.41, 5.74) is -2.32. The van der Waals surface area contributed by atoms with E-state index >= 15 is 0 Å². The Morgan fingerprint density at radius 3 is 1.19 bits per heavy atom. The van der Waals surface area contributed by atoms with Gasteiger partial charge in [-0.3, -0.25) is 4.79 Å². The van der Waals surface area contributed by atoms with Crippen LogP contribution >= 0.6 is 0 Å². The van der Waals surface area contributed by atoms with Crippen LogP contribution in [-0.2, 0) is 14.3 Å². The highest BCUT2D eigenvalue weighted by atomic mass is 16.5. The fourth-order valence-electron chi connectivity index (χ4n) is 1.31. The normalized spacial score (nSPS) is 12.9. The van der Waals surface area contributed by atoms with E-state index in [-0.39, 0.29) is 13.2 Å². The topological polar surface area (TPSA) is 225 Å². The summed E-state index contributed by atoms with van der Waals surface area (Å²) in [7, 11) is 0. The minimum Gasteiger partial charge on any atom is -0.481 e. The van der Waals surface area contributed by atoms with Crippen molar-refractivity contribution < 1.29 is 60.3 Å². The summed E-state index contributed by atoms with van der Waals surface area (Å²) in [4.78, 5) is 19.4. The molecule has 156 valence electrons. The predicted molar refractivity (Wildman–Crippen MR) is 84.1 cm³/mol. The number of carboxylic acids is 2. The van der Waals surface area contributed by atoms with Crippen LogP contribution in [-0.4, -0.2) is 117 Å². The summed E-state index contributed by atoms with van der Waals surface area (Å²) < 4.78 is 5.15. The molecular weight excluding hydrogens is 360 g/mol. The fourth-order valence-corrected chi connectivity index (χ4v) is 1.31. The van der Waals surface area contributed by atoms with Gasteiger partial charge in [-0.25, -0.2) is 4.79 Å². The van der Waals surface area contributed by atoms with Crippen molar-refractivity contribution in [2.75, 3.05) is 52.9 Å². The van der Waals surface area contributed by atoms with Crippen molar-refractivity contribution in [3.8, 4) is 0 Å². The number of aliphatic hydroxyl groups is 7. The van der Waals surface area contributed by atoms with E-state index in [1.165, 1.54) is 0 Å². The molecule has 0 fully saturated rings. The van der Waals surface area contributed by atoms with Crippen LogP contribution in [0.4, 0.5) is 0 Å². The van der Waals surface area contributed by atoms with Gasteiger partial charge in [-0.15, -0.1) is 0 Å². The van der Waals surface area contributed by atoms with Gasteiger partial charge in [-0.05, 0) is 0 Å². The minimum atomic E-state index is -1.79. The zero-order valence-electron chi connectivity index (χ0n) is 14.2. The van der Waals surface area contributed by atoms with Crippen molar-refractivity contribution in [3.05, 3.63) is 0 Å². The quantitative estimate of drug-likeness (QED) is 0.146. The van der Waals surface area contributed by atoms with Crippen molar-refractivity contribution in [1.82, 2.24) is 0 Å². The molecule has 1 unspecified atom stereocenters. The zero-order valence-corrected chi connectivity index (χ0v) is 14.2. The van der Waals surface area contributed by atoms with Crippen molar-refractivity contribution in [3.63, 3.8) is 0 Å². The van der Waals surface area contributed by atoms with Crippen LogP contribution in [0.5, 0.6) is 0 Å². The molecule has 0 spiro atoms. The number of ether oxygens (including phenoxy) is 1. The lowest BCUT2D eigenvalue weighted by Crippen LogP contribution is -2.43. The molecule has 0 rings (SSSR count). The van der Waals surface area contributed by atoms with E-state index in [1.807, 2.05) is 0 Å². The van der Waals surface area contributed by atoms with Crippen LogP contribution in [0, 0.1) is 10.8 Å². The second-order valence-electron chi connectivity index (χ2n) is 5.89. The molecule has 26 heavy (non-hydrogen) atoms. The van der Waals surface area contributed by atoms with Crippen molar-refractivity contribution in [2.24, 2.45) is 10.8 Å². The first-order valence-electron chi connectivity index (χ1n) is 7.47. The Morgan fingerprint density at radius 1 is 0.731 bits per heavy atom. The highest BCUT2D eigenvalue weighted by Crippen LogP contribution is 2.19. The minimum absolute atomic E-state index is 0.141. The highest BCUT2D eigenvalue weighted by Gasteiger charge is 2.32. The lowest BCUT2D eigenvalue weighted by molar-refractivity contribution is -0.152. The Labute approximate surface area is 149 Å². The molecule has 0 saturated heterocycles. The van der Waals surface area contributed by atoms with Gasteiger partial charge in [0, 0.05) is 0 Å². The van der Waals surface area contributed by atoms with E-state index in [2.05, 4.69) is 0 Å². The molecule has 12 nitrogen and oxygen atoms in total. The van der Waals surface area contributed by atoms with Gasteiger partial charge in [0.05, 0.1) is 70.1 Å². The van der Waals surface area contributed by atoms with Gasteiger partial charge in [0.2, 0.25) is 0 Å². The first-order valence-corrected chi connectivity index (χ1v) is 7.47. The average molecular weight is 388 g/mol. The molecule has 0 bridgehead atoms. The molecule has 0 aromatic rings. The number of rotatable bonds is 13. The van der Waals surface area contributed by atoms with Crippen LogP contribution in [0.15, 0.2) is 0 Å². The average Bonchev–Trinajstić information content (AvgIpc) is 2.63. The molecular formula is C14H28O12. The maximum Gasteiger partial charge on any atom is 0.333 e. The Balaban J connectivity index is 0. The van der Waals surface area contributed by atoms with Gasteiger partial charge in [0.1, 0.15) is 0 Å². The Bertz CT molecular complexity index is 355. The van der Waals surface area contributed by atoms with E-state index in [0.717, 1.165) is 0 Å². The fraction of sp³-hybridized carbons (Fsp3) is 0.857. The van der Waals surface area contributed by atoms with Gasteiger partial charge in [0.15, 0.2) is 6.10 Å². The van der Waals surface area contributed by atoms with E-state index in [9.17, 15) is 9.59 Å². The van der Waals surface area contributed by atoms with Crippen LogP contribution in [0.3, 0.4) is 0 Å². The monoisotopic (exact) mass is 388 g/mol. The summed E-state index contributed by atoms with van der Waals surface area (Å²) in [5, 5.41) is 78.3. The first-order chi connectivity index (χ1) is 12.1. The largest absolute Gasteiger partial charge is 0.481 e. The molecule has 0 aliphatic heterocycles. The lowest BCUT2D eigenvalue weighted by atomic mass is 9.91. The summed E-state index contributed by atoms with van der Waals surface area (Å²) in [5.74, 6) is -2.85. The lowest BCUT2D eigenvalue weighted by Gasteiger charge is -2.31. The van der Waals surface area contributed by atoms with E-state index in [4.69, 9.17) is 50.7 Å². The van der Waals surface area contributed by atoms with Gasteiger partial charge in [-0.1, -0.05) is 0 Å². The Morgan fingerprint density at radius 2 is 1.04 bits per heavy atom. The van der Waals surface area contributed by atoms with Gasteiger partial charge >= 0.3 is 11.9 Å². The molecule has 0 radical (unpaired) electrons. The number of carboxylic acid groups (broad SMARTS) is 2. The van der Waals surface area contributed by atoms with Crippen LogP contribution in [0.1, 0.15) is 6.42 Å². The SMILES string of the molecule is O=C(O)CC(O)C(=O)O.OCC(CO)(CO)COCC(CO)(CO)CO. The van der Waals surface area contributed by atoms with E-state index in [0.29, 0.717) is 0 Å². The molecule has 0 aromatic heterocycles. The summed E-state index contributed by atoms with van der Waals surface area (Å²) in [6.45, 7) is -3.01. The van der Waals surface area contributed by atoms with Crippen molar-refractivity contribution in [2.45, 2.75) is 12.5 Å². The molecule has 1 atom stereocenters. The number of hydrogen-bond acceptors (Lipinski definition) is 10. The van der Waals surface area contributed by atoms with Crippen LogP contribution in [0.2, 0.25) is 0 Å².